The van der Waals surface area contributed by atoms with Gasteiger partial charge in [0.15, 0.2) is 0 Å². The first kappa shape index (κ1) is 16.5. The van der Waals surface area contributed by atoms with Crippen molar-refractivity contribution in [3.05, 3.63) is 47.4 Å². The van der Waals surface area contributed by atoms with E-state index in [0.29, 0.717) is 6.61 Å². The molecule has 0 atom stereocenters. The Morgan fingerprint density at radius 3 is 2.55 bits per heavy atom. The predicted octanol–water partition coefficient (Wildman–Crippen LogP) is 5.72. The van der Waals surface area contributed by atoms with Gasteiger partial charge in [0.05, 0.1) is 11.1 Å². The summed E-state index contributed by atoms with van der Waals surface area (Å²) >= 11 is 12.3. The molecule has 0 radical (unpaired) electrons. The van der Waals surface area contributed by atoms with E-state index in [2.05, 4.69) is 70.6 Å². The number of hydrogen-bond donors (Lipinski definition) is 1. The van der Waals surface area contributed by atoms with Gasteiger partial charge in [0.2, 0.25) is 0 Å². The van der Waals surface area contributed by atoms with Gasteiger partial charge in [0, 0.05) is 37.9 Å². The lowest BCUT2D eigenvalue weighted by atomic mass is 10.2. The van der Waals surface area contributed by atoms with E-state index in [1.807, 2.05) is 13.0 Å². The minimum absolute atomic E-state index is 0.658. The fourth-order valence-corrected chi connectivity index (χ4v) is 4.67. The van der Waals surface area contributed by atoms with Gasteiger partial charge < -0.3 is 10.1 Å². The Balaban J connectivity index is 2.04. The molecule has 0 fully saturated rings. The summed E-state index contributed by atoms with van der Waals surface area (Å²) in [5, 5.41) is 5.55. The van der Waals surface area contributed by atoms with E-state index < -0.39 is 0 Å². The van der Waals surface area contributed by atoms with Crippen LogP contribution in [-0.2, 0) is 13.1 Å². The van der Waals surface area contributed by atoms with Crippen LogP contribution in [0.3, 0.4) is 0 Å². The lowest BCUT2D eigenvalue weighted by molar-refractivity contribution is 0.333. The molecule has 0 aliphatic rings. The van der Waals surface area contributed by atoms with Crippen LogP contribution in [0, 0.1) is 0 Å². The van der Waals surface area contributed by atoms with Crippen molar-refractivity contribution in [2.75, 3.05) is 6.61 Å². The molecule has 20 heavy (non-hydrogen) atoms. The maximum Gasteiger partial charge on any atom is 0.138 e. The van der Waals surface area contributed by atoms with Crippen LogP contribution in [0.15, 0.2) is 37.0 Å². The molecule has 2 aromatic rings. The highest BCUT2D eigenvalue weighted by Gasteiger charge is 2.10. The summed E-state index contributed by atoms with van der Waals surface area (Å²) in [6.07, 6.45) is 0. The van der Waals surface area contributed by atoms with Gasteiger partial charge in [-0.05, 0) is 57.0 Å². The van der Waals surface area contributed by atoms with E-state index in [4.69, 9.17) is 4.74 Å². The van der Waals surface area contributed by atoms with Crippen molar-refractivity contribution >= 4 is 59.1 Å². The molecule has 0 unspecified atom stereocenters. The van der Waals surface area contributed by atoms with Gasteiger partial charge in [-0.2, -0.15) is 0 Å². The Bertz CT molecular complexity index is 586. The number of halogens is 3. The van der Waals surface area contributed by atoms with E-state index in [1.165, 1.54) is 4.88 Å². The standard InChI is InChI=1S/C14H14Br3NOS/c1-2-19-14-9(3-10(15)5-13(14)17)6-18-7-12-4-11(16)8-20-12/h3-5,8,18H,2,6-7H2,1H3. The number of hydrogen-bond acceptors (Lipinski definition) is 3. The molecule has 1 N–H and O–H groups in total. The highest BCUT2D eigenvalue weighted by Crippen LogP contribution is 2.33. The highest BCUT2D eigenvalue weighted by atomic mass is 79.9. The van der Waals surface area contributed by atoms with Crippen molar-refractivity contribution in [2.24, 2.45) is 0 Å². The normalized spacial score (nSPS) is 10.8. The molecule has 108 valence electrons. The molecule has 2 rings (SSSR count). The summed E-state index contributed by atoms with van der Waals surface area (Å²) in [6, 6.07) is 6.23. The van der Waals surface area contributed by atoms with Crippen LogP contribution in [0.1, 0.15) is 17.4 Å². The summed E-state index contributed by atoms with van der Waals surface area (Å²) < 4.78 is 8.88. The summed E-state index contributed by atoms with van der Waals surface area (Å²) in [7, 11) is 0. The highest BCUT2D eigenvalue weighted by molar-refractivity contribution is 9.11. The quantitative estimate of drug-likeness (QED) is 0.567. The SMILES string of the molecule is CCOc1c(Br)cc(Br)cc1CNCc1cc(Br)cs1. The Labute approximate surface area is 148 Å². The van der Waals surface area contributed by atoms with Crippen LogP contribution in [0.25, 0.3) is 0 Å². The van der Waals surface area contributed by atoms with Crippen molar-refractivity contribution in [1.82, 2.24) is 5.32 Å². The van der Waals surface area contributed by atoms with Crippen molar-refractivity contribution in [2.45, 2.75) is 20.0 Å². The third-order valence-electron chi connectivity index (χ3n) is 2.61. The molecule has 6 heteroatoms. The van der Waals surface area contributed by atoms with E-state index in [1.54, 1.807) is 11.3 Å². The minimum Gasteiger partial charge on any atom is -0.492 e. The Morgan fingerprint density at radius 1 is 1.10 bits per heavy atom. The van der Waals surface area contributed by atoms with E-state index in [0.717, 1.165) is 37.8 Å². The third-order valence-corrected chi connectivity index (χ3v) is 5.35. The topological polar surface area (TPSA) is 21.3 Å². The molecule has 1 heterocycles. The predicted molar refractivity (Wildman–Crippen MR) is 95.6 cm³/mol. The molecule has 0 saturated heterocycles. The molecule has 2 nitrogen and oxygen atoms in total. The molecular weight excluding hydrogens is 470 g/mol. The van der Waals surface area contributed by atoms with Gasteiger partial charge >= 0.3 is 0 Å². The summed E-state index contributed by atoms with van der Waals surface area (Å²) in [4.78, 5) is 1.31. The fraction of sp³-hybridized carbons (Fsp3) is 0.286. The van der Waals surface area contributed by atoms with Crippen LogP contribution in [0.2, 0.25) is 0 Å². The number of thiophene rings is 1. The van der Waals surface area contributed by atoms with Crippen LogP contribution in [0.5, 0.6) is 5.75 Å². The first-order valence-corrected chi connectivity index (χ1v) is 9.40. The number of ether oxygens (including phenoxy) is 1. The van der Waals surface area contributed by atoms with Crippen molar-refractivity contribution in [3.8, 4) is 5.75 Å². The molecular formula is C14H14Br3NOS. The third kappa shape index (κ3) is 4.56. The van der Waals surface area contributed by atoms with Crippen molar-refractivity contribution < 1.29 is 4.74 Å². The average Bonchev–Trinajstić information content (AvgIpc) is 2.79. The average molecular weight is 484 g/mol. The first-order chi connectivity index (χ1) is 9.60. The lowest BCUT2D eigenvalue weighted by Crippen LogP contribution is -2.13. The zero-order valence-corrected chi connectivity index (χ0v) is 16.5. The molecule has 0 aliphatic heterocycles. The largest absolute Gasteiger partial charge is 0.492 e. The van der Waals surface area contributed by atoms with Gasteiger partial charge in [-0.3, -0.25) is 0 Å². The summed E-state index contributed by atoms with van der Waals surface area (Å²) in [6.45, 7) is 4.27. The first-order valence-electron chi connectivity index (χ1n) is 6.14. The fourth-order valence-electron chi connectivity index (χ4n) is 1.82. The van der Waals surface area contributed by atoms with Crippen LogP contribution in [-0.4, -0.2) is 6.61 Å². The zero-order chi connectivity index (χ0) is 14.5. The second-order valence-corrected chi connectivity index (χ2v) is 7.83. The Morgan fingerprint density at radius 2 is 1.90 bits per heavy atom. The maximum absolute atomic E-state index is 5.72. The maximum atomic E-state index is 5.72. The van der Waals surface area contributed by atoms with Gasteiger partial charge in [0.25, 0.3) is 0 Å². The second-order valence-electron chi connectivity index (χ2n) is 4.14. The lowest BCUT2D eigenvalue weighted by Gasteiger charge is -2.13. The van der Waals surface area contributed by atoms with Crippen LogP contribution >= 0.6 is 59.1 Å². The molecule has 0 amide bonds. The molecule has 1 aromatic carbocycles. The van der Waals surface area contributed by atoms with Crippen LogP contribution in [0.4, 0.5) is 0 Å². The van der Waals surface area contributed by atoms with Crippen molar-refractivity contribution in [3.63, 3.8) is 0 Å². The molecule has 0 spiro atoms. The monoisotopic (exact) mass is 481 g/mol. The van der Waals surface area contributed by atoms with Gasteiger partial charge in [-0.15, -0.1) is 11.3 Å². The Hall–Kier alpha value is 0.120. The molecule has 0 saturated carbocycles. The van der Waals surface area contributed by atoms with E-state index in [-0.39, 0.29) is 0 Å². The summed E-state index contributed by atoms with van der Waals surface area (Å²) in [5.41, 5.74) is 1.14. The zero-order valence-electron chi connectivity index (χ0n) is 10.9. The van der Waals surface area contributed by atoms with Gasteiger partial charge in [0.1, 0.15) is 5.75 Å². The van der Waals surface area contributed by atoms with Gasteiger partial charge in [-0.25, -0.2) is 0 Å². The summed E-state index contributed by atoms with van der Waals surface area (Å²) in [5.74, 6) is 0.913. The Kier molecular flexibility index (Phi) is 6.55. The second kappa shape index (κ2) is 7.94. The van der Waals surface area contributed by atoms with Crippen LogP contribution < -0.4 is 10.1 Å². The van der Waals surface area contributed by atoms with E-state index in [9.17, 15) is 0 Å². The van der Waals surface area contributed by atoms with E-state index >= 15 is 0 Å². The molecule has 0 aliphatic carbocycles. The number of nitrogens with one attached hydrogen (secondary N) is 1. The number of benzene rings is 1. The molecule has 1 aromatic heterocycles. The van der Waals surface area contributed by atoms with Gasteiger partial charge in [-0.1, -0.05) is 15.9 Å². The molecule has 0 bridgehead atoms. The number of rotatable bonds is 6. The smallest absolute Gasteiger partial charge is 0.138 e. The minimum atomic E-state index is 0.658. The van der Waals surface area contributed by atoms with Crippen molar-refractivity contribution in [1.29, 1.82) is 0 Å².